The minimum atomic E-state index is 0.0172. The number of nitrogens with zero attached hydrogens (tertiary/aromatic N) is 1. The van der Waals surface area contributed by atoms with Crippen molar-refractivity contribution in [3.63, 3.8) is 0 Å². The molecule has 0 aromatic carbocycles. The maximum absolute atomic E-state index is 12.2. The predicted molar refractivity (Wildman–Crippen MR) is 78.7 cm³/mol. The topological polar surface area (TPSA) is 32.3 Å². The van der Waals surface area contributed by atoms with E-state index in [2.05, 4.69) is 24.1 Å². The summed E-state index contributed by atoms with van der Waals surface area (Å²) in [5.41, 5.74) is 0. The van der Waals surface area contributed by atoms with Gasteiger partial charge < -0.3 is 4.90 Å². The van der Waals surface area contributed by atoms with E-state index < -0.39 is 0 Å². The van der Waals surface area contributed by atoms with Crippen LogP contribution in [0.25, 0.3) is 0 Å². The largest absolute Gasteiger partial charge is 0.326 e. The Balaban J connectivity index is 1.88. The van der Waals surface area contributed by atoms with Gasteiger partial charge in [-0.25, -0.2) is 0 Å². The van der Waals surface area contributed by atoms with E-state index in [4.69, 9.17) is 0 Å². The zero-order chi connectivity index (χ0) is 13.8. The van der Waals surface area contributed by atoms with E-state index >= 15 is 0 Å². The van der Waals surface area contributed by atoms with Gasteiger partial charge in [-0.05, 0) is 38.0 Å². The Hall–Kier alpha value is -0.570. The van der Waals surface area contributed by atoms with Crippen molar-refractivity contribution in [1.82, 2.24) is 10.2 Å². The molecule has 1 N–H and O–H groups in total. The summed E-state index contributed by atoms with van der Waals surface area (Å²) < 4.78 is 0. The van der Waals surface area contributed by atoms with Crippen LogP contribution in [0.3, 0.4) is 0 Å². The highest BCUT2D eigenvalue weighted by molar-refractivity contribution is 5.83. The summed E-state index contributed by atoms with van der Waals surface area (Å²) in [5, 5.41) is 3.44. The van der Waals surface area contributed by atoms with Crippen molar-refractivity contribution in [3.8, 4) is 0 Å². The zero-order valence-corrected chi connectivity index (χ0v) is 12.8. The van der Waals surface area contributed by atoms with E-state index in [0.29, 0.717) is 5.91 Å². The first kappa shape index (κ1) is 14.8. The van der Waals surface area contributed by atoms with Crippen LogP contribution in [-0.2, 0) is 4.79 Å². The standard InChI is InChI=1S/C16H30N2O/c1-4-6-15-17-12(3)16(19)18(15)11-14-9-7-13(5-2)8-10-14/h12-15,17H,4-11H2,1-3H3. The van der Waals surface area contributed by atoms with Crippen LogP contribution in [0.15, 0.2) is 0 Å². The average Bonchev–Trinajstić information content (AvgIpc) is 2.68. The summed E-state index contributed by atoms with van der Waals surface area (Å²) in [6.07, 6.45) is 9.19. The molecule has 3 heteroatoms. The third kappa shape index (κ3) is 3.50. The highest BCUT2D eigenvalue weighted by Gasteiger charge is 2.37. The Labute approximate surface area is 118 Å². The molecule has 2 unspecified atom stereocenters. The van der Waals surface area contributed by atoms with Crippen LogP contribution >= 0.6 is 0 Å². The first-order valence-electron chi connectivity index (χ1n) is 8.22. The van der Waals surface area contributed by atoms with Crippen molar-refractivity contribution < 1.29 is 4.79 Å². The average molecular weight is 266 g/mol. The summed E-state index contributed by atoms with van der Waals surface area (Å²) in [6.45, 7) is 7.48. The van der Waals surface area contributed by atoms with Crippen molar-refractivity contribution in [2.24, 2.45) is 11.8 Å². The molecule has 1 aliphatic heterocycles. The van der Waals surface area contributed by atoms with Gasteiger partial charge in [-0.1, -0.05) is 39.5 Å². The van der Waals surface area contributed by atoms with Gasteiger partial charge in [-0.2, -0.15) is 0 Å². The number of nitrogens with one attached hydrogen (secondary N) is 1. The minimum Gasteiger partial charge on any atom is -0.326 e. The lowest BCUT2D eigenvalue weighted by Gasteiger charge is -2.33. The molecule has 0 bridgehead atoms. The van der Waals surface area contributed by atoms with E-state index in [1.54, 1.807) is 0 Å². The fourth-order valence-corrected chi connectivity index (χ4v) is 3.68. The lowest BCUT2D eigenvalue weighted by atomic mass is 9.80. The Morgan fingerprint density at radius 2 is 1.79 bits per heavy atom. The third-order valence-corrected chi connectivity index (χ3v) is 5.03. The van der Waals surface area contributed by atoms with Crippen molar-refractivity contribution >= 4 is 5.91 Å². The van der Waals surface area contributed by atoms with Gasteiger partial charge in [-0.3, -0.25) is 10.1 Å². The molecule has 0 aromatic heterocycles. The van der Waals surface area contributed by atoms with Crippen LogP contribution in [0.4, 0.5) is 0 Å². The van der Waals surface area contributed by atoms with Crippen molar-refractivity contribution in [3.05, 3.63) is 0 Å². The van der Waals surface area contributed by atoms with Crippen LogP contribution in [0.1, 0.15) is 65.7 Å². The molecule has 1 saturated carbocycles. The zero-order valence-electron chi connectivity index (χ0n) is 12.8. The lowest BCUT2D eigenvalue weighted by molar-refractivity contribution is -0.130. The fraction of sp³-hybridized carbons (Fsp3) is 0.938. The molecule has 2 fully saturated rings. The summed E-state index contributed by atoms with van der Waals surface area (Å²) in [6, 6.07) is 0.0172. The molecule has 2 aliphatic rings. The second-order valence-corrected chi connectivity index (χ2v) is 6.48. The molecule has 110 valence electrons. The van der Waals surface area contributed by atoms with Gasteiger partial charge in [0.05, 0.1) is 12.2 Å². The molecule has 1 heterocycles. The van der Waals surface area contributed by atoms with Crippen LogP contribution in [0.5, 0.6) is 0 Å². The van der Waals surface area contributed by atoms with E-state index in [1.807, 2.05) is 6.92 Å². The predicted octanol–water partition coefficient (Wildman–Crippen LogP) is 3.15. The number of rotatable bonds is 5. The van der Waals surface area contributed by atoms with E-state index in [9.17, 15) is 4.79 Å². The van der Waals surface area contributed by atoms with Gasteiger partial charge in [0.2, 0.25) is 5.91 Å². The molecule has 0 aromatic rings. The summed E-state index contributed by atoms with van der Waals surface area (Å²) in [4.78, 5) is 14.4. The first-order chi connectivity index (χ1) is 9.15. The highest BCUT2D eigenvalue weighted by atomic mass is 16.2. The van der Waals surface area contributed by atoms with E-state index in [0.717, 1.165) is 31.2 Å². The van der Waals surface area contributed by atoms with Crippen LogP contribution in [-0.4, -0.2) is 29.6 Å². The molecule has 1 aliphatic carbocycles. The molecule has 2 rings (SSSR count). The lowest BCUT2D eigenvalue weighted by Crippen LogP contribution is -2.41. The van der Waals surface area contributed by atoms with Gasteiger partial charge in [-0.15, -0.1) is 0 Å². The Morgan fingerprint density at radius 1 is 1.16 bits per heavy atom. The van der Waals surface area contributed by atoms with Gasteiger partial charge in [0, 0.05) is 6.54 Å². The monoisotopic (exact) mass is 266 g/mol. The Bertz CT molecular complexity index is 297. The third-order valence-electron chi connectivity index (χ3n) is 5.03. The number of hydrogen-bond acceptors (Lipinski definition) is 2. The Kier molecular flexibility index (Phi) is 5.26. The van der Waals surface area contributed by atoms with Crippen molar-refractivity contribution in [2.45, 2.75) is 77.9 Å². The summed E-state index contributed by atoms with van der Waals surface area (Å²) in [5.74, 6) is 1.99. The second-order valence-electron chi connectivity index (χ2n) is 6.48. The highest BCUT2D eigenvalue weighted by Crippen LogP contribution is 2.32. The van der Waals surface area contributed by atoms with Gasteiger partial charge in [0.15, 0.2) is 0 Å². The molecule has 3 nitrogen and oxygen atoms in total. The normalized spacial score (nSPS) is 35.9. The van der Waals surface area contributed by atoms with Gasteiger partial charge in [0.1, 0.15) is 0 Å². The molecule has 2 atom stereocenters. The van der Waals surface area contributed by atoms with E-state index in [1.165, 1.54) is 32.1 Å². The van der Waals surface area contributed by atoms with Crippen molar-refractivity contribution in [1.29, 1.82) is 0 Å². The summed E-state index contributed by atoms with van der Waals surface area (Å²) in [7, 11) is 0. The van der Waals surface area contributed by atoms with E-state index in [-0.39, 0.29) is 12.2 Å². The number of amides is 1. The van der Waals surface area contributed by atoms with Gasteiger partial charge >= 0.3 is 0 Å². The fourth-order valence-electron chi connectivity index (χ4n) is 3.68. The molecular weight excluding hydrogens is 236 g/mol. The minimum absolute atomic E-state index is 0.0172. The molecular formula is C16H30N2O. The molecule has 1 amide bonds. The smallest absolute Gasteiger partial charge is 0.240 e. The number of hydrogen-bond donors (Lipinski definition) is 1. The maximum atomic E-state index is 12.2. The van der Waals surface area contributed by atoms with Crippen molar-refractivity contribution in [2.75, 3.05) is 6.54 Å². The molecule has 19 heavy (non-hydrogen) atoms. The Morgan fingerprint density at radius 3 is 2.37 bits per heavy atom. The second kappa shape index (κ2) is 6.74. The molecule has 0 spiro atoms. The number of carbonyl (C=O) groups excluding carboxylic acids is 1. The van der Waals surface area contributed by atoms with Crippen LogP contribution in [0, 0.1) is 11.8 Å². The quantitative estimate of drug-likeness (QED) is 0.829. The molecule has 1 saturated heterocycles. The summed E-state index contributed by atoms with van der Waals surface area (Å²) >= 11 is 0. The first-order valence-corrected chi connectivity index (χ1v) is 8.22. The maximum Gasteiger partial charge on any atom is 0.240 e. The molecule has 0 radical (unpaired) electrons. The van der Waals surface area contributed by atoms with Gasteiger partial charge in [0.25, 0.3) is 0 Å². The van der Waals surface area contributed by atoms with Crippen LogP contribution < -0.4 is 5.32 Å². The SMILES string of the molecule is CCCC1NC(C)C(=O)N1CC1CCC(CC)CC1. The van der Waals surface area contributed by atoms with Crippen LogP contribution in [0.2, 0.25) is 0 Å². The number of carbonyl (C=O) groups is 1.